The van der Waals surface area contributed by atoms with E-state index in [0.717, 1.165) is 12.3 Å². The zero-order valence-corrected chi connectivity index (χ0v) is 21.6. The van der Waals surface area contributed by atoms with Crippen LogP contribution in [0.4, 0.5) is 8.78 Å². The van der Waals surface area contributed by atoms with E-state index in [1.165, 1.54) is 57.8 Å². The van der Waals surface area contributed by atoms with Gasteiger partial charge >= 0.3 is 0 Å². The molecule has 0 heterocycles. The maximum Gasteiger partial charge on any atom is 0.264 e. The van der Waals surface area contributed by atoms with Crippen molar-refractivity contribution in [3.05, 3.63) is 11.1 Å². The first-order valence-corrected chi connectivity index (χ1v) is 13.6. The normalized spacial score (nSPS) is 42.9. The van der Waals surface area contributed by atoms with Crippen LogP contribution in [-0.2, 0) is 0 Å². The molecule has 3 heteroatoms. The highest BCUT2D eigenvalue weighted by Crippen LogP contribution is 2.72. The quantitative estimate of drug-likeness (QED) is 0.402. The molecule has 4 aliphatic rings. The van der Waals surface area contributed by atoms with E-state index in [2.05, 4.69) is 41.5 Å². The third-order valence-electron chi connectivity index (χ3n) is 11.7. The Morgan fingerprint density at radius 1 is 0.906 bits per heavy atom. The Morgan fingerprint density at radius 3 is 2.31 bits per heavy atom. The fourth-order valence-corrected chi connectivity index (χ4v) is 9.71. The van der Waals surface area contributed by atoms with Crippen LogP contribution in [0.1, 0.15) is 119 Å². The average molecular weight is 451 g/mol. The van der Waals surface area contributed by atoms with Crippen LogP contribution in [-0.4, -0.2) is 17.6 Å². The summed E-state index contributed by atoms with van der Waals surface area (Å²) in [6.07, 6.45) is 9.75. The summed E-state index contributed by atoms with van der Waals surface area (Å²) < 4.78 is 25.4. The second kappa shape index (κ2) is 8.35. The molecule has 0 aromatic rings. The lowest BCUT2D eigenvalue weighted by Crippen LogP contribution is -2.51. The summed E-state index contributed by atoms with van der Waals surface area (Å²) in [5, 5.41) is 9.51. The van der Waals surface area contributed by atoms with Crippen molar-refractivity contribution in [2.75, 3.05) is 0 Å². The van der Waals surface area contributed by atoms with E-state index in [9.17, 15) is 13.9 Å². The van der Waals surface area contributed by atoms with Gasteiger partial charge in [-0.05, 0) is 97.2 Å². The molecule has 2 fully saturated rings. The highest BCUT2D eigenvalue weighted by atomic mass is 19.3. The molecule has 0 aromatic carbocycles. The zero-order valence-electron chi connectivity index (χ0n) is 21.6. The van der Waals surface area contributed by atoms with Crippen molar-refractivity contribution >= 4 is 0 Å². The van der Waals surface area contributed by atoms with Crippen LogP contribution in [0, 0.1) is 39.4 Å². The van der Waals surface area contributed by atoms with Gasteiger partial charge in [0.2, 0.25) is 0 Å². The SMILES string of the molecule is C[C@H](CCCC(O)C(F)F)C1CCC2(C)C3=C(CCC12C)C1(C)CCCC(C)(C)C1CC3. The Bertz CT molecular complexity index is 741. The third kappa shape index (κ3) is 3.62. The fraction of sp³-hybridized carbons (Fsp3) is 0.931. The summed E-state index contributed by atoms with van der Waals surface area (Å²) in [6.45, 7) is 15.2. The molecule has 1 nitrogen and oxygen atoms in total. The zero-order chi connectivity index (χ0) is 23.5. The summed E-state index contributed by atoms with van der Waals surface area (Å²) in [5.41, 5.74) is 5.18. The number of rotatable bonds is 6. The van der Waals surface area contributed by atoms with Gasteiger partial charge in [-0.25, -0.2) is 8.78 Å². The van der Waals surface area contributed by atoms with E-state index in [0.29, 0.717) is 39.9 Å². The van der Waals surface area contributed by atoms with Crippen molar-refractivity contribution in [3.63, 3.8) is 0 Å². The largest absolute Gasteiger partial charge is 0.387 e. The van der Waals surface area contributed by atoms with Crippen molar-refractivity contribution in [3.8, 4) is 0 Å². The van der Waals surface area contributed by atoms with Gasteiger partial charge in [-0.3, -0.25) is 0 Å². The molecular weight excluding hydrogens is 402 g/mol. The summed E-state index contributed by atoms with van der Waals surface area (Å²) in [5.74, 6) is 2.03. The number of halogens is 2. The summed E-state index contributed by atoms with van der Waals surface area (Å²) >= 11 is 0. The van der Waals surface area contributed by atoms with Gasteiger partial charge in [0.05, 0.1) is 0 Å². The number of aliphatic hydroxyl groups excluding tert-OH is 1. The Morgan fingerprint density at radius 2 is 1.62 bits per heavy atom. The molecule has 184 valence electrons. The van der Waals surface area contributed by atoms with Gasteiger partial charge in [-0.1, -0.05) is 72.0 Å². The van der Waals surface area contributed by atoms with Gasteiger partial charge in [0, 0.05) is 0 Å². The molecule has 7 atom stereocenters. The number of alkyl halides is 2. The molecule has 0 amide bonds. The highest BCUT2D eigenvalue weighted by Gasteiger charge is 2.62. The van der Waals surface area contributed by atoms with E-state index < -0.39 is 12.5 Å². The maximum absolute atomic E-state index is 12.7. The van der Waals surface area contributed by atoms with Crippen molar-refractivity contribution in [2.45, 2.75) is 131 Å². The first kappa shape index (κ1) is 24.7. The minimum absolute atomic E-state index is 0.230. The predicted molar refractivity (Wildman–Crippen MR) is 129 cm³/mol. The van der Waals surface area contributed by atoms with E-state index in [1.54, 1.807) is 0 Å². The monoisotopic (exact) mass is 450 g/mol. The minimum Gasteiger partial charge on any atom is -0.387 e. The Hall–Kier alpha value is -0.440. The molecule has 2 saturated carbocycles. The summed E-state index contributed by atoms with van der Waals surface area (Å²) in [7, 11) is 0. The van der Waals surface area contributed by atoms with Gasteiger partial charge in [0.25, 0.3) is 6.43 Å². The second-order valence-electron chi connectivity index (χ2n) is 13.5. The molecule has 1 N–H and O–H groups in total. The van der Waals surface area contributed by atoms with Gasteiger partial charge < -0.3 is 5.11 Å². The number of aliphatic hydroxyl groups is 1. The molecule has 6 unspecified atom stereocenters. The van der Waals surface area contributed by atoms with Gasteiger partial charge in [-0.15, -0.1) is 0 Å². The van der Waals surface area contributed by atoms with Crippen molar-refractivity contribution in [1.82, 2.24) is 0 Å². The predicted octanol–water partition coefficient (Wildman–Crippen LogP) is 8.56. The lowest BCUT2D eigenvalue weighted by Gasteiger charge is -2.61. The number of fused-ring (bicyclic) bond motifs is 4. The molecule has 4 aliphatic carbocycles. The van der Waals surface area contributed by atoms with E-state index in [4.69, 9.17) is 0 Å². The fourth-order valence-electron chi connectivity index (χ4n) is 9.71. The van der Waals surface area contributed by atoms with Crippen LogP contribution in [0.3, 0.4) is 0 Å². The van der Waals surface area contributed by atoms with Crippen LogP contribution in [0.2, 0.25) is 0 Å². The number of hydrogen-bond donors (Lipinski definition) is 1. The molecule has 0 saturated heterocycles. The molecule has 0 radical (unpaired) electrons. The van der Waals surface area contributed by atoms with Crippen molar-refractivity contribution in [2.24, 2.45) is 39.4 Å². The van der Waals surface area contributed by atoms with E-state index in [-0.39, 0.29) is 6.42 Å². The standard InChI is InChI=1S/C29H48F2O/c1-19(9-7-10-23(32)25(30)31)20-13-17-29(6)22-11-12-24-26(2,3)15-8-16-27(24,4)21(22)14-18-28(20,29)5/h19-20,23-25,32H,7-18H2,1-6H3/t19-,20?,23?,24?,27?,28?,29?/m1/s1. The molecule has 0 spiro atoms. The molecule has 0 aliphatic heterocycles. The summed E-state index contributed by atoms with van der Waals surface area (Å²) in [6, 6.07) is 0. The Balaban J connectivity index is 1.55. The van der Waals surface area contributed by atoms with Gasteiger partial charge in [0.15, 0.2) is 0 Å². The van der Waals surface area contributed by atoms with Crippen molar-refractivity contribution in [1.29, 1.82) is 0 Å². The first-order valence-electron chi connectivity index (χ1n) is 13.6. The minimum atomic E-state index is -2.61. The number of hydrogen-bond acceptors (Lipinski definition) is 1. The average Bonchev–Trinajstić information content (AvgIpc) is 2.98. The lowest BCUT2D eigenvalue weighted by atomic mass is 9.43. The van der Waals surface area contributed by atoms with E-state index >= 15 is 0 Å². The van der Waals surface area contributed by atoms with Crippen LogP contribution in [0.15, 0.2) is 11.1 Å². The molecular formula is C29H48F2O. The van der Waals surface area contributed by atoms with Gasteiger partial charge in [-0.2, -0.15) is 0 Å². The lowest BCUT2D eigenvalue weighted by molar-refractivity contribution is -0.0220. The van der Waals surface area contributed by atoms with Crippen LogP contribution in [0.25, 0.3) is 0 Å². The topological polar surface area (TPSA) is 20.2 Å². The molecule has 4 rings (SSSR count). The smallest absolute Gasteiger partial charge is 0.264 e. The maximum atomic E-state index is 12.7. The van der Waals surface area contributed by atoms with Crippen molar-refractivity contribution < 1.29 is 13.9 Å². The third-order valence-corrected chi connectivity index (χ3v) is 11.7. The van der Waals surface area contributed by atoms with Gasteiger partial charge in [0.1, 0.15) is 6.10 Å². The molecule has 0 aromatic heterocycles. The van der Waals surface area contributed by atoms with Crippen LogP contribution < -0.4 is 0 Å². The molecule has 32 heavy (non-hydrogen) atoms. The highest BCUT2D eigenvalue weighted by molar-refractivity contribution is 5.38. The summed E-state index contributed by atoms with van der Waals surface area (Å²) in [4.78, 5) is 0. The van der Waals surface area contributed by atoms with Crippen LogP contribution >= 0.6 is 0 Å². The molecule has 0 bridgehead atoms. The Kier molecular flexibility index (Phi) is 6.44. The Labute approximate surface area is 195 Å². The van der Waals surface area contributed by atoms with E-state index in [1.807, 2.05) is 11.1 Å². The second-order valence-corrected chi connectivity index (χ2v) is 13.5. The van der Waals surface area contributed by atoms with Crippen LogP contribution in [0.5, 0.6) is 0 Å². The number of allylic oxidation sites excluding steroid dienone is 2. The first-order chi connectivity index (χ1) is 14.9.